The summed E-state index contributed by atoms with van der Waals surface area (Å²) in [7, 11) is 0. The van der Waals surface area contributed by atoms with Crippen LogP contribution in [0.15, 0.2) is 22.7 Å². The maximum atomic E-state index is 10.8. The van der Waals surface area contributed by atoms with E-state index in [4.69, 9.17) is 0 Å². The molecule has 0 saturated heterocycles. The number of rotatable bonds is 4. The number of Topliss-reactive ketones (excluding diaryl/α,β-unsaturated/α-hetero) is 1. The molecule has 0 aromatic heterocycles. The summed E-state index contributed by atoms with van der Waals surface area (Å²) in [4.78, 5) is 21.0. The summed E-state index contributed by atoms with van der Waals surface area (Å²) in [6, 6.07) is 4.83. The van der Waals surface area contributed by atoms with Crippen LogP contribution >= 0.6 is 15.9 Å². The van der Waals surface area contributed by atoms with Crippen molar-refractivity contribution >= 4 is 27.4 Å². The van der Waals surface area contributed by atoms with E-state index < -0.39 is 4.92 Å². The van der Waals surface area contributed by atoms with E-state index in [1.54, 1.807) is 12.1 Å². The van der Waals surface area contributed by atoms with Crippen LogP contribution in [0, 0.1) is 10.1 Å². The summed E-state index contributed by atoms with van der Waals surface area (Å²) in [5, 5.41) is 10.6. The van der Waals surface area contributed by atoms with Crippen molar-refractivity contribution in [2.24, 2.45) is 0 Å². The van der Waals surface area contributed by atoms with Gasteiger partial charge in [-0.05, 0) is 34.8 Å². The van der Waals surface area contributed by atoms with Crippen molar-refractivity contribution in [3.63, 3.8) is 0 Å². The monoisotopic (exact) mass is 271 g/mol. The van der Waals surface area contributed by atoms with Gasteiger partial charge in [0.1, 0.15) is 5.78 Å². The third-order valence-corrected chi connectivity index (χ3v) is 2.92. The van der Waals surface area contributed by atoms with Gasteiger partial charge < -0.3 is 4.79 Å². The number of ketones is 1. The maximum absolute atomic E-state index is 10.8. The fourth-order valence-corrected chi connectivity index (χ4v) is 1.82. The molecule has 0 fully saturated rings. The van der Waals surface area contributed by atoms with Crippen molar-refractivity contribution < 1.29 is 9.72 Å². The second-order valence-electron chi connectivity index (χ2n) is 3.21. The first kappa shape index (κ1) is 11.8. The largest absolute Gasteiger partial charge is 0.300 e. The summed E-state index contributed by atoms with van der Waals surface area (Å²) in [5.74, 6) is 0.0772. The minimum absolute atomic E-state index is 0.0380. The molecule has 0 radical (unpaired) electrons. The molecule has 0 heterocycles. The van der Waals surface area contributed by atoms with Crippen LogP contribution in [-0.2, 0) is 11.2 Å². The predicted molar refractivity (Wildman–Crippen MR) is 59.8 cm³/mol. The first-order valence-electron chi connectivity index (χ1n) is 4.43. The molecule has 0 spiro atoms. The number of benzene rings is 1. The van der Waals surface area contributed by atoms with Gasteiger partial charge >= 0.3 is 0 Å². The Labute approximate surface area is 95.6 Å². The van der Waals surface area contributed by atoms with Crippen molar-refractivity contribution in [1.29, 1.82) is 0 Å². The van der Waals surface area contributed by atoms with Gasteiger partial charge in [-0.25, -0.2) is 0 Å². The topological polar surface area (TPSA) is 60.2 Å². The number of nitro groups is 1. The Morgan fingerprint density at radius 2 is 2.20 bits per heavy atom. The van der Waals surface area contributed by atoms with Crippen LogP contribution in [0.4, 0.5) is 5.69 Å². The first-order chi connectivity index (χ1) is 7.02. The van der Waals surface area contributed by atoms with E-state index in [0.29, 0.717) is 17.3 Å². The van der Waals surface area contributed by atoms with Crippen LogP contribution in [0.1, 0.15) is 18.9 Å². The lowest BCUT2D eigenvalue weighted by molar-refractivity contribution is -0.385. The van der Waals surface area contributed by atoms with Crippen LogP contribution in [0.25, 0.3) is 0 Å². The molecule has 15 heavy (non-hydrogen) atoms. The third kappa shape index (κ3) is 3.13. The molecule has 0 aliphatic carbocycles. The first-order valence-corrected chi connectivity index (χ1v) is 5.23. The van der Waals surface area contributed by atoms with E-state index in [9.17, 15) is 14.9 Å². The Kier molecular flexibility index (Phi) is 3.96. The molecule has 0 unspecified atom stereocenters. The lowest BCUT2D eigenvalue weighted by atomic mass is 10.1. The van der Waals surface area contributed by atoms with Gasteiger partial charge in [0.05, 0.1) is 9.40 Å². The maximum Gasteiger partial charge on any atom is 0.283 e. The third-order valence-electron chi connectivity index (χ3n) is 2.00. The van der Waals surface area contributed by atoms with Crippen molar-refractivity contribution in [3.8, 4) is 0 Å². The standard InChI is InChI=1S/C10H10BrNO3/c1-7(13)5-6-8-3-2-4-9(10(8)11)12(14)15/h2-4H,5-6H2,1H3. The number of nitrogens with zero attached hydrogens (tertiary/aromatic N) is 1. The molecular formula is C10H10BrNO3. The van der Waals surface area contributed by atoms with Gasteiger partial charge in [-0.3, -0.25) is 10.1 Å². The lowest BCUT2D eigenvalue weighted by Crippen LogP contribution is -1.97. The number of carbonyl (C=O) groups excluding carboxylic acids is 1. The molecule has 5 heteroatoms. The smallest absolute Gasteiger partial charge is 0.283 e. The highest BCUT2D eigenvalue weighted by atomic mass is 79.9. The molecule has 80 valence electrons. The van der Waals surface area contributed by atoms with E-state index >= 15 is 0 Å². The van der Waals surface area contributed by atoms with Gasteiger partial charge in [0.2, 0.25) is 0 Å². The Balaban J connectivity index is 2.94. The normalized spacial score (nSPS) is 10.0. The number of nitro benzene ring substituents is 1. The van der Waals surface area contributed by atoms with E-state index in [1.807, 2.05) is 0 Å². The Morgan fingerprint density at radius 1 is 1.53 bits per heavy atom. The molecule has 1 aromatic carbocycles. The number of halogens is 1. The Morgan fingerprint density at radius 3 is 2.73 bits per heavy atom. The fraction of sp³-hybridized carbons (Fsp3) is 0.300. The summed E-state index contributed by atoms with van der Waals surface area (Å²) in [6.07, 6.45) is 0.928. The second-order valence-corrected chi connectivity index (χ2v) is 4.00. The second kappa shape index (κ2) is 5.02. The lowest BCUT2D eigenvalue weighted by Gasteiger charge is -2.03. The van der Waals surface area contributed by atoms with Crippen molar-refractivity contribution in [1.82, 2.24) is 0 Å². The summed E-state index contributed by atoms with van der Waals surface area (Å²) in [5.41, 5.74) is 0.829. The van der Waals surface area contributed by atoms with E-state index in [0.717, 1.165) is 5.56 Å². The molecule has 1 aromatic rings. The average molecular weight is 272 g/mol. The van der Waals surface area contributed by atoms with Crippen molar-refractivity contribution in [2.75, 3.05) is 0 Å². The summed E-state index contributed by atoms with van der Waals surface area (Å²) < 4.78 is 0.469. The molecule has 0 aliphatic heterocycles. The predicted octanol–water partition coefficient (Wildman–Crippen LogP) is 2.88. The summed E-state index contributed by atoms with van der Waals surface area (Å²) in [6.45, 7) is 1.51. The number of aryl methyl sites for hydroxylation is 1. The van der Waals surface area contributed by atoms with Crippen molar-refractivity contribution in [2.45, 2.75) is 19.8 Å². The van der Waals surface area contributed by atoms with Gasteiger partial charge in [-0.15, -0.1) is 0 Å². The average Bonchev–Trinajstić information content (AvgIpc) is 2.15. The van der Waals surface area contributed by atoms with Gasteiger partial charge in [-0.1, -0.05) is 12.1 Å². The van der Waals surface area contributed by atoms with Gasteiger partial charge in [-0.2, -0.15) is 0 Å². The van der Waals surface area contributed by atoms with Crippen LogP contribution in [0.3, 0.4) is 0 Å². The zero-order valence-corrected chi connectivity index (χ0v) is 9.78. The Bertz CT molecular complexity index is 404. The van der Waals surface area contributed by atoms with Crippen LogP contribution in [0.2, 0.25) is 0 Å². The highest BCUT2D eigenvalue weighted by Gasteiger charge is 2.14. The van der Waals surface area contributed by atoms with Gasteiger partial charge in [0.15, 0.2) is 0 Å². The fourth-order valence-electron chi connectivity index (χ4n) is 1.21. The van der Waals surface area contributed by atoms with Crippen LogP contribution in [0.5, 0.6) is 0 Å². The van der Waals surface area contributed by atoms with Gasteiger partial charge in [0.25, 0.3) is 5.69 Å². The van der Waals surface area contributed by atoms with E-state index in [2.05, 4.69) is 15.9 Å². The molecule has 0 amide bonds. The molecule has 0 N–H and O–H groups in total. The van der Waals surface area contributed by atoms with E-state index in [-0.39, 0.29) is 11.5 Å². The molecule has 1 rings (SSSR count). The SMILES string of the molecule is CC(=O)CCc1cccc([N+](=O)[O-])c1Br. The highest BCUT2D eigenvalue weighted by molar-refractivity contribution is 9.10. The minimum Gasteiger partial charge on any atom is -0.300 e. The van der Waals surface area contributed by atoms with Crippen molar-refractivity contribution in [3.05, 3.63) is 38.3 Å². The quantitative estimate of drug-likeness (QED) is 0.625. The number of carbonyl (C=O) groups is 1. The van der Waals surface area contributed by atoms with Crippen LogP contribution < -0.4 is 0 Å². The Hall–Kier alpha value is -1.23. The molecule has 0 aliphatic rings. The minimum atomic E-state index is -0.443. The number of hydrogen-bond acceptors (Lipinski definition) is 3. The molecule has 0 saturated carbocycles. The molecule has 0 bridgehead atoms. The van der Waals surface area contributed by atoms with Gasteiger partial charge in [0, 0.05) is 12.5 Å². The zero-order chi connectivity index (χ0) is 11.4. The summed E-state index contributed by atoms with van der Waals surface area (Å²) >= 11 is 3.18. The molecular weight excluding hydrogens is 262 g/mol. The van der Waals surface area contributed by atoms with Crippen LogP contribution in [-0.4, -0.2) is 10.7 Å². The number of hydrogen-bond donors (Lipinski definition) is 0. The zero-order valence-electron chi connectivity index (χ0n) is 8.20. The molecule has 0 atom stereocenters. The van der Waals surface area contributed by atoms with E-state index in [1.165, 1.54) is 13.0 Å². The highest BCUT2D eigenvalue weighted by Crippen LogP contribution is 2.28. The molecule has 4 nitrogen and oxygen atoms in total.